The van der Waals surface area contributed by atoms with Crippen molar-refractivity contribution in [1.29, 1.82) is 0 Å². The van der Waals surface area contributed by atoms with Gasteiger partial charge in [0.25, 0.3) is 0 Å². The summed E-state index contributed by atoms with van der Waals surface area (Å²) < 4.78 is 1.88. The second-order valence-electron chi connectivity index (χ2n) is 3.88. The number of rotatable bonds is 5. The number of hydrazine groups is 1. The average molecular weight is 235 g/mol. The molecule has 0 aliphatic heterocycles. The second-order valence-corrected chi connectivity index (χ2v) is 3.88. The maximum Gasteiger partial charge on any atom is 0.124 e. The highest BCUT2D eigenvalue weighted by Gasteiger charge is 2.18. The second kappa shape index (κ2) is 4.98. The van der Waals surface area contributed by atoms with Crippen LogP contribution in [-0.4, -0.2) is 20.0 Å². The first kappa shape index (κ1) is 11.6. The van der Waals surface area contributed by atoms with Gasteiger partial charge < -0.3 is 5.73 Å². The molecule has 0 amide bonds. The summed E-state index contributed by atoms with van der Waals surface area (Å²) in [5.74, 6) is 6.07. The minimum absolute atomic E-state index is 0.195. The number of hydrogen-bond acceptors (Lipinski definition) is 5. The molecule has 1 atom stereocenters. The van der Waals surface area contributed by atoms with Crippen LogP contribution in [0.4, 0.5) is 5.82 Å². The van der Waals surface area contributed by atoms with Crippen LogP contribution >= 0.6 is 0 Å². The molecule has 2 aromatic heterocycles. The molecule has 0 aliphatic rings. The summed E-state index contributed by atoms with van der Waals surface area (Å²) in [4.78, 5) is 0. The SMILES string of the molecule is CCCn1cc(C(NN)c2cn[nH]c2N)cn1. The largest absolute Gasteiger partial charge is 0.384 e. The van der Waals surface area contributed by atoms with E-state index in [-0.39, 0.29) is 6.04 Å². The van der Waals surface area contributed by atoms with Crippen LogP contribution in [0.15, 0.2) is 18.6 Å². The van der Waals surface area contributed by atoms with E-state index in [0.29, 0.717) is 5.82 Å². The van der Waals surface area contributed by atoms with E-state index in [1.54, 1.807) is 12.4 Å². The molecule has 2 rings (SSSR count). The van der Waals surface area contributed by atoms with Crippen molar-refractivity contribution < 1.29 is 0 Å². The molecule has 2 aromatic rings. The topological polar surface area (TPSA) is 111 Å². The van der Waals surface area contributed by atoms with Gasteiger partial charge in [0.05, 0.1) is 18.4 Å². The maximum atomic E-state index is 5.78. The fraction of sp³-hybridized carbons (Fsp3) is 0.400. The first-order valence-electron chi connectivity index (χ1n) is 5.53. The minimum atomic E-state index is -0.195. The van der Waals surface area contributed by atoms with Crippen molar-refractivity contribution in [2.24, 2.45) is 5.84 Å². The van der Waals surface area contributed by atoms with Crippen molar-refractivity contribution in [3.8, 4) is 0 Å². The van der Waals surface area contributed by atoms with E-state index in [9.17, 15) is 0 Å². The zero-order valence-electron chi connectivity index (χ0n) is 9.72. The zero-order valence-corrected chi connectivity index (χ0v) is 9.72. The van der Waals surface area contributed by atoms with Gasteiger partial charge >= 0.3 is 0 Å². The highest BCUT2D eigenvalue weighted by Crippen LogP contribution is 2.23. The number of hydrogen-bond donors (Lipinski definition) is 4. The van der Waals surface area contributed by atoms with Gasteiger partial charge in [-0.15, -0.1) is 0 Å². The van der Waals surface area contributed by atoms with Gasteiger partial charge in [0.2, 0.25) is 0 Å². The maximum absolute atomic E-state index is 5.78. The van der Waals surface area contributed by atoms with Gasteiger partial charge in [-0.1, -0.05) is 6.92 Å². The van der Waals surface area contributed by atoms with Crippen LogP contribution in [0.5, 0.6) is 0 Å². The number of aromatic nitrogens is 4. The third-order valence-electron chi connectivity index (χ3n) is 2.62. The van der Waals surface area contributed by atoms with Crippen molar-refractivity contribution in [2.75, 3.05) is 5.73 Å². The number of anilines is 1. The van der Waals surface area contributed by atoms with Gasteiger partial charge in [0, 0.05) is 23.9 Å². The van der Waals surface area contributed by atoms with Crippen molar-refractivity contribution in [2.45, 2.75) is 25.9 Å². The molecule has 0 saturated heterocycles. The average Bonchev–Trinajstić information content (AvgIpc) is 2.92. The van der Waals surface area contributed by atoms with Crippen molar-refractivity contribution >= 4 is 5.82 Å². The Labute approximate surface area is 99.2 Å². The van der Waals surface area contributed by atoms with Crippen LogP contribution in [0.1, 0.15) is 30.5 Å². The van der Waals surface area contributed by atoms with E-state index in [4.69, 9.17) is 11.6 Å². The van der Waals surface area contributed by atoms with Gasteiger partial charge in [-0.25, -0.2) is 5.43 Å². The van der Waals surface area contributed by atoms with Gasteiger partial charge in [-0.05, 0) is 6.42 Å². The van der Waals surface area contributed by atoms with Crippen molar-refractivity contribution in [3.05, 3.63) is 29.7 Å². The smallest absolute Gasteiger partial charge is 0.124 e. The molecule has 7 heteroatoms. The summed E-state index contributed by atoms with van der Waals surface area (Å²) in [7, 11) is 0. The Kier molecular flexibility index (Phi) is 3.40. The van der Waals surface area contributed by atoms with Crippen LogP contribution < -0.4 is 17.0 Å². The fourth-order valence-electron chi connectivity index (χ4n) is 1.78. The summed E-state index contributed by atoms with van der Waals surface area (Å²) in [6.07, 6.45) is 6.44. The molecular weight excluding hydrogens is 218 g/mol. The van der Waals surface area contributed by atoms with Gasteiger partial charge in [0.15, 0.2) is 0 Å². The van der Waals surface area contributed by atoms with Gasteiger partial charge in [-0.2, -0.15) is 10.2 Å². The molecule has 0 aliphatic carbocycles. The standard InChI is InChI=1S/C10H17N7/c1-2-3-17-6-7(4-14-17)9(15-12)8-5-13-16-10(8)11/h4-6,9,15H,2-3,12H2,1H3,(H3,11,13,16). The van der Waals surface area contributed by atoms with Crippen LogP contribution in [0.25, 0.3) is 0 Å². The Hall–Kier alpha value is -1.86. The molecule has 0 bridgehead atoms. The summed E-state index contributed by atoms with van der Waals surface area (Å²) in [6, 6.07) is -0.195. The molecule has 2 heterocycles. The lowest BCUT2D eigenvalue weighted by atomic mass is 10.1. The van der Waals surface area contributed by atoms with E-state index in [2.05, 4.69) is 27.6 Å². The molecule has 0 spiro atoms. The molecule has 0 saturated carbocycles. The molecule has 17 heavy (non-hydrogen) atoms. The van der Waals surface area contributed by atoms with Crippen LogP contribution in [0.3, 0.4) is 0 Å². The normalized spacial score (nSPS) is 12.8. The summed E-state index contributed by atoms with van der Waals surface area (Å²) in [5, 5.41) is 10.8. The van der Waals surface area contributed by atoms with Gasteiger partial charge in [-0.3, -0.25) is 15.6 Å². The van der Waals surface area contributed by atoms with Crippen LogP contribution in [-0.2, 0) is 6.54 Å². The Balaban J connectivity index is 2.26. The number of aromatic amines is 1. The Morgan fingerprint density at radius 3 is 2.94 bits per heavy atom. The number of aryl methyl sites for hydroxylation is 1. The Morgan fingerprint density at radius 1 is 1.53 bits per heavy atom. The summed E-state index contributed by atoms with van der Waals surface area (Å²) >= 11 is 0. The number of nitrogens with zero attached hydrogens (tertiary/aromatic N) is 3. The van der Waals surface area contributed by atoms with Crippen LogP contribution in [0.2, 0.25) is 0 Å². The number of H-pyrrole nitrogens is 1. The molecular formula is C10H17N7. The predicted octanol–water partition coefficient (Wildman–Crippen LogP) is 0.151. The predicted molar refractivity (Wildman–Crippen MR) is 64.7 cm³/mol. The molecule has 1 unspecified atom stereocenters. The number of nitrogens with two attached hydrogens (primary N) is 2. The molecule has 0 radical (unpaired) electrons. The highest BCUT2D eigenvalue weighted by molar-refractivity contribution is 5.43. The molecule has 7 nitrogen and oxygen atoms in total. The fourth-order valence-corrected chi connectivity index (χ4v) is 1.78. The zero-order chi connectivity index (χ0) is 12.3. The first-order valence-corrected chi connectivity index (χ1v) is 5.53. The highest BCUT2D eigenvalue weighted by atomic mass is 15.3. The summed E-state index contributed by atoms with van der Waals surface area (Å²) in [5.41, 5.74) is 10.3. The quantitative estimate of drug-likeness (QED) is 0.435. The van der Waals surface area contributed by atoms with E-state index < -0.39 is 0 Å². The Bertz CT molecular complexity index is 472. The molecule has 0 fully saturated rings. The number of nitrogen functional groups attached to an aromatic ring is 1. The van der Waals surface area contributed by atoms with E-state index in [1.807, 2.05) is 10.9 Å². The van der Waals surface area contributed by atoms with Gasteiger partial charge in [0.1, 0.15) is 5.82 Å². The molecule has 92 valence electrons. The summed E-state index contributed by atoms with van der Waals surface area (Å²) in [6.45, 7) is 2.99. The van der Waals surface area contributed by atoms with Crippen molar-refractivity contribution in [3.63, 3.8) is 0 Å². The first-order chi connectivity index (χ1) is 8.26. The van der Waals surface area contributed by atoms with E-state index in [0.717, 1.165) is 24.1 Å². The third kappa shape index (κ3) is 2.29. The lowest BCUT2D eigenvalue weighted by Gasteiger charge is -2.12. The number of nitrogens with one attached hydrogen (secondary N) is 2. The van der Waals surface area contributed by atoms with Crippen molar-refractivity contribution in [1.82, 2.24) is 25.4 Å². The lowest BCUT2D eigenvalue weighted by molar-refractivity contribution is 0.598. The lowest BCUT2D eigenvalue weighted by Crippen LogP contribution is -2.28. The molecule has 6 N–H and O–H groups in total. The molecule has 0 aromatic carbocycles. The Morgan fingerprint density at radius 2 is 2.35 bits per heavy atom. The monoisotopic (exact) mass is 235 g/mol. The van der Waals surface area contributed by atoms with E-state index in [1.165, 1.54) is 0 Å². The van der Waals surface area contributed by atoms with E-state index >= 15 is 0 Å². The third-order valence-corrected chi connectivity index (χ3v) is 2.62. The van der Waals surface area contributed by atoms with Crippen LogP contribution in [0, 0.1) is 0 Å². The minimum Gasteiger partial charge on any atom is -0.384 e.